The number of amides is 1. The van der Waals surface area contributed by atoms with E-state index >= 15 is 0 Å². The minimum absolute atomic E-state index is 0. The molecule has 0 radical (unpaired) electrons. The molecule has 1 saturated heterocycles. The van der Waals surface area contributed by atoms with E-state index in [1.54, 1.807) is 98.4 Å². The monoisotopic (exact) mass is 1560 g/mol. The second-order valence-corrected chi connectivity index (χ2v) is 24.0. The Hall–Kier alpha value is -11.7. The SMILES string of the molecule is C1CCOC1.CC(=O)c1cc2cccn2c(=O)n1-c1ccccc1.CC(N)c1cc2cccn2c(=O)n1-c1ccccc1.CC(Nc1ncnc2nc[nH]c12)c1cc2cccn2c(=O)n1-c1ccccc1.CCO.CON(C)C(=O)c1cc2cccn2c(=O)n1-c1ccccc1.Clc1ncnc2nc[nH]c12.[Br-].[CH3-].[Mg+2]. The smallest absolute Gasteiger partial charge is 1.00 e. The number of carbonyl (C=O) groups is 2. The van der Waals surface area contributed by atoms with Crippen LogP contribution in [0.4, 0.5) is 5.82 Å². The van der Waals surface area contributed by atoms with Crippen molar-refractivity contribution in [3.63, 3.8) is 0 Å². The number of hydroxylamine groups is 2. The van der Waals surface area contributed by atoms with E-state index in [2.05, 4.69) is 45.2 Å². The number of ketones is 1. The number of benzene rings is 4. The molecule has 28 nitrogen and oxygen atoms in total. The van der Waals surface area contributed by atoms with Crippen LogP contribution >= 0.6 is 11.6 Å². The Balaban J connectivity index is 0.000000170. The van der Waals surface area contributed by atoms with E-state index in [4.69, 9.17) is 32.0 Å². The molecule has 31 heteroatoms. The first kappa shape index (κ1) is 82.9. The second kappa shape index (κ2) is 39.2. The van der Waals surface area contributed by atoms with Gasteiger partial charge in [-0.15, -0.1) is 0 Å². The van der Waals surface area contributed by atoms with Gasteiger partial charge in [-0.05, 0) is 155 Å². The molecule has 12 aromatic heterocycles. The van der Waals surface area contributed by atoms with Crippen LogP contribution in [0.15, 0.2) is 263 Å². The fourth-order valence-electron chi connectivity index (χ4n) is 11.5. The average Bonchev–Trinajstić information content (AvgIpc) is 1.75. The van der Waals surface area contributed by atoms with E-state index in [-0.39, 0.29) is 100 Å². The van der Waals surface area contributed by atoms with Crippen molar-refractivity contribution in [3.8, 4) is 22.7 Å². The molecule has 1 aliphatic rings. The van der Waals surface area contributed by atoms with Gasteiger partial charge in [0.1, 0.15) is 29.4 Å². The number of ether oxygens (including phenoxy) is 1. The molecule has 1 amide bonds. The van der Waals surface area contributed by atoms with Crippen LogP contribution in [0.3, 0.4) is 0 Å². The molecule has 556 valence electrons. The molecular weight excluding hydrogens is 1490 g/mol. The number of para-hydroxylation sites is 4. The predicted molar refractivity (Wildman–Crippen MR) is 419 cm³/mol. The number of halogens is 2. The summed E-state index contributed by atoms with van der Waals surface area (Å²) in [5, 5.41) is 12.5. The second-order valence-electron chi connectivity index (χ2n) is 23.6. The number of aliphatic hydroxyl groups excluding tert-OH is 1. The van der Waals surface area contributed by atoms with E-state index in [1.807, 2.05) is 166 Å². The first-order valence-electron chi connectivity index (χ1n) is 33.6. The van der Waals surface area contributed by atoms with Crippen molar-refractivity contribution >= 4 is 96.6 Å². The topological polar surface area (TPSA) is 329 Å². The number of H-pyrrole nitrogens is 2. The molecule has 0 spiro atoms. The van der Waals surface area contributed by atoms with Crippen molar-refractivity contribution in [2.75, 3.05) is 39.3 Å². The third kappa shape index (κ3) is 19.2. The number of rotatable bonds is 11. The number of aliphatic hydroxyl groups is 1. The third-order valence-electron chi connectivity index (χ3n) is 16.6. The minimum atomic E-state index is -0.396. The molecule has 0 bridgehead atoms. The number of nitrogens with two attached hydrogens (primary N) is 1. The van der Waals surface area contributed by atoms with Gasteiger partial charge in [-0.3, -0.25) is 50.3 Å². The Kier molecular flexibility index (Phi) is 29.8. The van der Waals surface area contributed by atoms with Crippen LogP contribution in [0.2, 0.25) is 5.15 Å². The maximum absolute atomic E-state index is 13.2. The van der Waals surface area contributed by atoms with Gasteiger partial charge < -0.3 is 55.3 Å². The van der Waals surface area contributed by atoms with Gasteiger partial charge in [0.05, 0.1) is 82.0 Å². The molecule has 13 heterocycles. The van der Waals surface area contributed by atoms with Crippen LogP contribution in [0.1, 0.15) is 85.0 Å². The molecule has 0 saturated carbocycles. The van der Waals surface area contributed by atoms with E-state index < -0.39 is 5.91 Å². The van der Waals surface area contributed by atoms with Crippen molar-refractivity contribution < 1.29 is 41.3 Å². The molecule has 1 fully saturated rings. The standard InChI is InChI=1S/C20H17N7O.C16H15N3O3.C15H15N3O.C15H12N2O2.C5H3ClN4.C4H8O.C2H6O.CH3.BrH.Mg/c1-13(25-19-17-18(22-11-21-17)23-12-24-19)16-10-15-8-5-9-26(15)20(28)27(16)14-6-3-2-4-7-14;1-17(22-2)15(20)14-11-13-9-6-10-18(13)16(21)19(14)12-7-4-3-5-8-12;1-11(16)14-10-13-8-5-9-17(13)15(19)18(14)12-6-3-2-4-7-12;1-11(18)14-10-13-8-5-9-16(13)15(19)17(14)12-6-3-2-4-7-12;6-4-3-5(9-1-7-3)10-2-8-4;1-2-4-5-3-1;1-2-3;;;/h2-13H,1H3,(H2,21,22,23,24,25);3-11H,1-2H3;2-11H,16H2,1H3;2-10H,1H3;1-2H,(H,7,8,9,10);1-4H2;3H,2H2,1H3;1H3;1H;/q;;;;;;;-1;;+2/p-1. The van der Waals surface area contributed by atoms with Crippen LogP contribution < -0.4 is 50.8 Å². The van der Waals surface area contributed by atoms with Crippen LogP contribution in [-0.4, -0.2) is 155 Å². The molecule has 17 rings (SSSR count). The number of carbonyl (C=O) groups excluding carboxylic acids is 2. The molecule has 16 aromatic rings. The van der Waals surface area contributed by atoms with Crippen molar-refractivity contribution in [2.45, 2.75) is 52.6 Å². The van der Waals surface area contributed by atoms with Gasteiger partial charge in [0, 0.05) is 70.3 Å². The number of aromatic amines is 2. The zero-order chi connectivity index (χ0) is 74.8. The van der Waals surface area contributed by atoms with Crippen molar-refractivity contribution in [1.29, 1.82) is 0 Å². The van der Waals surface area contributed by atoms with Crippen LogP contribution in [-0.2, 0) is 9.57 Å². The van der Waals surface area contributed by atoms with Gasteiger partial charge in [0.25, 0.3) is 5.91 Å². The van der Waals surface area contributed by atoms with Crippen LogP contribution in [0.5, 0.6) is 0 Å². The number of hydrogen-bond donors (Lipinski definition) is 5. The first-order chi connectivity index (χ1) is 51.5. The maximum atomic E-state index is 13.2. The minimum Gasteiger partial charge on any atom is -1.00 e. The zero-order valence-corrected chi connectivity index (χ0v) is 64.5. The Morgan fingerprint density at radius 3 is 1.33 bits per heavy atom. The molecule has 2 atom stereocenters. The summed E-state index contributed by atoms with van der Waals surface area (Å²) >= 11 is 5.68. The first-order valence-corrected chi connectivity index (χ1v) is 34.0. The molecule has 1 aliphatic heterocycles. The number of nitrogens with one attached hydrogen (secondary N) is 3. The Morgan fingerprint density at radius 1 is 0.560 bits per heavy atom. The number of aromatic nitrogens is 16. The number of fused-ring (bicyclic) bond motifs is 6. The van der Waals surface area contributed by atoms with Gasteiger partial charge in [0.2, 0.25) is 0 Å². The molecular formula is C78H79BrClMgN19O9. The molecule has 109 heavy (non-hydrogen) atoms. The quantitative estimate of drug-likeness (QED) is 0.0270. The Bertz CT molecular complexity index is 5890. The number of anilines is 1. The van der Waals surface area contributed by atoms with Gasteiger partial charge in [-0.1, -0.05) is 84.4 Å². The summed E-state index contributed by atoms with van der Waals surface area (Å²) in [7, 11) is 2.91. The van der Waals surface area contributed by atoms with Crippen molar-refractivity contribution in [2.24, 2.45) is 5.73 Å². The maximum Gasteiger partial charge on any atom is 2.00 e. The fraction of sp³-hybridized carbons (Fsp3) is 0.167. The van der Waals surface area contributed by atoms with Gasteiger partial charge in [-0.2, -0.15) is 0 Å². The van der Waals surface area contributed by atoms with Gasteiger partial charge >= 0.3 is 45.8 Å². The van der Waals surface area contributed by atoms with Gasteiger partial charge in [0.15, 0.2) is 28.0 Å². The van der Waals surface area contributed by atoms with Crippen molar-refractivity contribution in [1.82, 2.24) is 80.8 Å². The normalized spacial score (nSPS) is 11.7. The van der Waals surface area contributed by atoms with E-state index in [0.717, 1.165) is 63.1 Å². The Morgan fingerprint density at radius 2 is 0.927 bits per heavy atom. The molecule has 2 unspecified atom stereocenters. The molecule has 4 aromatic carbocycles. The Labute approximate surface area is 656 Å². The molecule has 6 N–H and O–H groups in total. The fourth-order valence-corrected chi connectivity index (χ4v) is 11.7. The van der Waals surface area contributed by atoms with Crippen LogP contribution in [0, 0.1) is 7.43 Å². The van der Waals surface area contributed by atoms with Crippen molar-refractivity contribution in [3.05, 3.63) is 322 Å². The number of Topliss-reactive ketones (excluding diaryl/α,β-unsaturated/α-hetero) is 1. The summed E-state index contributed by atoms with van der Waals surface area (Å²) in [6, 6.07) is 59.0. The number of hydrogen-bond acceptors (Lipinski definition) is 17. The van der Waals surface area contributed by atoms with Gasteiger partial charge in [-0.25, -0.2) is 54.1 Å². The number of nitrogens with zero attached hydrogens (tertiary/aromatic N) is 15. The third-order valence-corrected chi connectivity index (χ3v) is 16.8. The summed E-state index contributed by atoms with van der Waals surface area (Å²) in [5.74, 6) is 0.106. The predicted octanol–water partition coefficient (Wildman–Crippen LogP) is 7.93. The average molecular weight is 1570 g/mol. The summed E-state index contributed by atoms with van der Waals surface area (Å²) in [6.07, 6.45) is 15.4. The van der Waals surface area contributed by atoms with E-state index in [9.17, 15) is 28.8 Å². The van der Waals surface area contributed by atoms with Crippen LogP contribution in [0.25, 0.3) is 67.1 Å². The summed E-state index contributed by atoms with van der Waals surface area (Å²) < 4.78 is 17.4. The zero-order valence-electron chi connectivity index (χ0n) is 60.7. The largest absolute Gasteiger partial charge is 2.00 e. The summed E-state index contributed by atoms with van der Waals surface area (Å²) in [5.41, 5.74) is 16.2. The molecule has 0 aliphatic carbocycles. The summed E-state index contributed by atoms with van der Waals surface area (Å²) in [6.45, 7) is 9.28. The van der Waals surface area contributed by atoms with E-state index in [0.29, 0.717) is 50.4 Å². The van der Waals surface area contributed by atoms with E-state index in [1.165, 1.54) is 70.8 Å². The summed E-state index contributed by atoms with van der Waals surface area (Å²) in [4.78, 5) is 110. The number of imidazole rings is 2.